The van der Waals surface area contributed by atoms with Crippen LogP contribution in [-0.4, -0.2) is 22.3 Å². The van der Waals surface area contributed by atoms with Gasteiger partial charge in [0.1, 0.15) is 11.8 Å². The molecular weight excluding hydrogens is 302 g/mol. The number of H-pyrrole nitrogens is 1. The molecule has 24 heavy (non-hydrogen) atoms. The molecule has 0 amide bonds. The summed E-state index contributed by atoms with van der Waals surface area (Å²) in [6.45, 7) is 0. The minimum Gasteiger partial charge on any atom is -0.497 e. The van der Waals surface area contributed by atoms with Gasteiger partial charge in [0, 0.05) is 22.7 Å². The van der Waals surface area contributed by atoms with Gasteiger partial charge in [-0.05, 0) is 36.4 Å². The summed E-state index contributed by atoms with van der Waals surface area (Å²) in [5.41, 5.74) is 3.76. The highest BCUT2D eigenvalue weighted by molar-refractivity contribution is 5.97. The monoisotopic (exact) mass is 315 g/mol. The Hall–Kier alpha value is -3.59. The number of hydrogen-bond acceptors (Lipinski definition) is 5. The Kier molecular flexibility index (Phi) is 3.25. The number of benzene rings is 2. The highest BCUT2D eigenvalue weighted by Gasteiger charge is 2.11. The maximum absolute atomic E-state index is 9.44. The summed E-state index contributed by atoms with van der Waals surface area (Å²) in [6.07, 6.45) is 3.35. The number of pyridine rings is 1. The first-order valence-corrected chi connectivity index (χ1v) is 7.35. The quantitative estimate of drug-likeness (QED) is 0.601. The molecule has 4 rings (SSSR count). The second kappa shape index (κ2) is 5.56. The lowest BCUT2D eigenvalue weighted by molar-refractivity contribution is 0.415. The molecule has 6 heteroatoms. The molecule has 4 aromatic rings. The van der Waals surface area contributed by atoms with Crippen LogP contribution < -0.4 is 10.1 Å². The third kappa shape index (κ3) is 2.29. The number of rotatable bonds is 3. The number of methoxy groups -OCH3 is 1. The molecule has 0 radical (unpaired) electrons. The molecule has 2 N–H and O–H groups in total. The van der Waals surface area contributed by atoms with Crippen LogP contribution in [0.3, 0.4) is 0 Å². The van der Waals surface area contributed by atoms with Crippen molar-refractivity contribution in [2.24, 2.45) is 0 Å². The predicted molar refractivity (Wildman–Crippen MR) is 92.4 cm³/mol. The van der Waals surface area contributed by atoms with Crippen molar-refractivity contribution in [3.63, 3.8) is 0 Å². The smallest absolute Gasteiger partial charge is 0.119 e. The Balaban J connectivity index is 1.88. The van der Waals surface area contributed by atoms with Crippen molar-refractivity contribution in [3.8, 4) is 11.8 Å². The van der Waals surface area contributed by atoms with Gasteiger partial charge >= 0.3 is 0 Å². The summed E-state index contributed by atoms with van der Waals surface area (Å²) in [6, 6.07) is 13.7. The van der Waals surface area contributed by atoms with Gasteiger partial charge in [0.25, 0.3) is 0 Å². The van der Waals surface area contributed by atoms with Gasteiger partial charge in [0.2, 0.25) is 0 Å². The number of anilines is 2. The average molecular weight is 315 g/mol. The van der Waals surface area contributed by atoms with E-state index in [2.05, 4.69) is 26.6 Å². The largest absolute Gasteiger partial charge is 0.497 e. The van der Waals surface area contributed by atoms with Crippen LogP contribution in [0.1, 0.15) is 5.56 Å². The number of aromatic nitrogens is 3. The summed E-state index contributed by atoms with van der Waals surface area (Å²) in [7, 11) is 1.61. The van der Waals surface area contributed by atoms with Crippen molar-refractivity contribution in [1.29, 1.82) is 5.26 Å². The van der Waals surface area contributed by atoms with E-state index in [9.17, 15) is 5.26 Å². The number of fused-ring (bicyclic) bond motifs is 2. The van der Waals surface area contributed by atoms with Crippen molar-refractivity contribution in [2.45, 2.75) is 0 Å². The molecule has 2 heterocycles. The fourth-order valence-electron chi connectivity index (χ4n) is 2.68. The minimum atomic E-state index is 0.473. The molecule has 0 bridgehead atoms. The SMILES string of the molecule is COc1ccc2ncc(C#N)c(Nc3ccc4cn[nH]c4c3)c2c1. The summed E-state index contributed by atoms with van der Waals surface area (Å²) in [5, 5.41) is 21.6. The fraction of sp³-hybridized carbons (Fsp3) is 0.0556. The second-order valence-corrected chi connectivity index (χ2v) is 5.34. The van der Waals surface area contributed by atoms with E-state index in [4.69, 9.17) is 4.74 Å². The molecule has 0 aliphatic rings. The normalized spacial score (nSPS) is 10.7. The first kappa shape index (κ1) is 14.0. The van der Waals surface area contributed by atoms with Crippen molar-refractivity contribution in [3.05, 3.63) is 54.4 Å². The Morgan fingerprint density at radius 1 is 1.17 bits per heavy atom. The highest BCUT2D eigenvalue weighted by Crippen LogP contribution is 2.32. The van der Waals surface area contributed by atoms with Gasteiger partial charge in [0.15, 0.2) is 0 Å². The molecule has 0 saturated heterocycles. The predicted octanol–water partition coefficient (Wildman–Crippen LogP) is 3.73. The van der Waals surface area contributed by atoms with Gasteiger partial charge in [0.05, 0.1) is 35.6 Å². The van der Waals surface area contributed by atoms with Gasteiger partial charge < -0.3 is 10.1 Å². The molecule has 0 aliphatic heterocycles. The van der Waals surface area contributed by atoms with Gasteiger partial charge in [-0.2, -0.15) is 10.4 Å². The Morgan fingerprint density at radius 3 is 2.92 bits per heavy atom. The third-order valence-electron chi connectivity index (χ3n) is 3.91. The molecular formula is C18H13N5O. The molecule has 0 atom stereocenters. The van der Waals surface area contributed by atoms with E-state index in [1.54, 1.807) is 19.5 Å². The van der Waals surface area contributed by atoms with Gasteiger partial charge in [-0.25, -0.2) is 0 Å². The van der Waals surface area contributed by atoms with Crippen LogP contribution in [0.2, 0.25) is 0 Å². The lowest BCUT2D eigenvalue weighted by Crippen LogP contribution is -1.97. The number of nitrogens with one attached hydrogen (secondary N) is 2. The van der Waals surface area contributed by atoms with E-state index in [-0.39, 0.29) is 0 Å². The third-order valence-corrected chi connectivity index (χ3v) is 3.91. The molecule has 2 aromatic heterocycles. The summed E-state index contributed by atoms with van der Waals surface area (Å²) in [5.74, 6) is 0.714. The van der Waals surface area contributed by atoms with Crippen LogP contribution in [0.5, 0.6) is 5.75 Å². The van der Waals surface area contributed by atoms with E-state index in [0.717, 1.165) is 27.5 Å². The standard InChI is InChI=1S/C18H13N5O/c1-24-14-4-5-16-15(7-14)18(12(8-19)9-20-16)22-13-3-2-11-10-21-23-17(11)6-13/h2-7,9-10H,1H3,(H,20,22)(H,21,23). The van der Waals surface area contributed by atoms with Crippen molar-refractivity contribution < 1.29 is 4.74 Å². The van der Waals surface area contributed by atoms with Gasteiger partial charge in [-0.3, -0.25) is 10.1 Å². The zero-order chi connectivity index (χ0) is 16.5. The van der Waals surface area contributed by atoms with Crippen molar-refractivity contribution in [1.82, 2.24) is 15.2 Å². The number of ether oxygens (including phenoxy) is 1. The van der Waals surface area contributed by atoms with Crippen molar-refractivity contribution >= 4 is 33.2 Å². The zero-order valence-corrected chi connectivity index (χ0v) is 12.9. The lowest BCUT2D eigenvalue weighted by atomic mass is 10.1. The van der Waals surface area contributed by atoms with Crippen LogP contribution >= 0.6 is 0 Å². The molecule has 0 unspecified atom stereocenters. The molecule has 6 nitrogen and oxygen atoms in total. The van der Waals surface area contributed by atoms with E-state index in [0.29, 0.717) is 17.0 Å². The second-order valence-electron chi connectivity index (χ2n) is 5.34. The Bertz CT molecular complexity index is 1090. The van der Waals surface area contributed by atoms with Gasteiger partial charge in [-0.1, -0.05) is 0 Å². The van der Waals surface area contributed by atoms with E-state index >= 15 is 0 Å². The Labute approximate surface area is 137 Å². The fourth-order valence-corrected chi connectivity index (χ4v) is 2.68. The summed E-state index contributed by atoms with van der Waals surface area (Å²) in [4.78, 5) is 4.34. The van der Waals surface area contributed by atoms with Crippen molar-refractivity contribution in [2.75, 3.05) is 12.4 Å². The zero-order valence-electron chi connectivity index (χ0n) is 12.9. The maximum atomic E-state index is 9.44. The molecule has 0 fully saturated rings. The van der Waals surface area contributed by atoms with E-state index < -0.39 is 0 Å². The summed E-state index contributed by atoms with van der Waals surface area (Å²) < 4.78 is 5.30. The Morgan fingerprint density at radius 2 is 2.08 bits per heavy atom. The van der Waals surface area contributed by atoms with Crippen LogP contribution in [0.25, 0.3) is 21.8 Å². The van der Waals surface area contributed by atoms with Gasteiger partial charge in [-0.15, -0.1) is 0 Å². The van der Waals surface area contributed by atoms with E-state index in [1.165, 1.54) is 0 Å². The molecule has 116 valence electrons. The van der Waals surface area contributed by atoms with E-state index in [1.807, 2.05) is 36.4 Å². The highest BCUT2D eigenvalue weighted by atomic mass is 16.5. The first-order chi connectivity index (χ1) is 11.8. The van der Waals surface area contributed by atoms with Crippen LogP contribution in [0.4, 0.5) is 11.4 Å². The number of hydrogen-bond donors (Lipinski definition) is 2. The topological polar surface area (TPSA) is 86.6 Å². The first-order valence-electron chi connectivity index (χ1n) is 7.35. The summed E-state index contributed by atoms with van der Waals surface area (Å²) >= 11 is 0. The van der Waals surface area contributed by atoms with Crippen LogP contribution in [-0.2, 0) is 0 Å². The molecule has 0 aliphatic carbocycles. The molecule has 0 saturated carbocycles. The number of nitriles is 1. The molecule has 2 aromatic carbocycles. The minimum absolute atomic E-state index is 0.473. The van der Waals surface area contributed by atoms with Crippen LogP contribution in [0.15, 0.2) is 48.8 Å². The van der Waals surface area contributed by atoms with Crippen LogP contribution in [0, 0.1) is 11.3 Å². The average Bonchev–Trinajstić information content (AvgIpc) is 3.09. The number of aromatic amines is 1. The maximum Gasteiger partial charge on any atom is 0.119 e. The lowest BCUT2D eigenvalue weighted by Gasteiger charge is -2.12. The molecule has 0 spiro atoms. The number of nitrogens with zero attached hydrogens (tertiary/aromatic N) is 3.